The molecule has 5 heteroatoms. The Hall–Kier alpha value is -2.56. The van der Waals surface area contributed by atoms with Crippen LogP contribution in [0.3, 0.4) is 0 Å². The van der Waals surface area contributed by atoms with E-state index in [1.807, 2.05) is 0 Å². The van der Waals surface area contributed by atoms with Gasteiger partial charge in [-0.1, -0.05) is 24.3 Å². The largest absolute Gasteiger partial charge is 0.363 e. The standard InChI is InChI=1S/C21H25N5/c1-14-13-17-19(22-14)24-21(26-11-4-5-12-26)25-20(17)23-18-10-6-8-15-7-2-3-9-16(15)18/h2-3,7,9,13,18H,4-6,8,10-12H2,1H3,(H2,22,23,24,25). The van der Waals surface area contributed by atoms with Gasteiger partial charge in [-0.3, -0.25) is 0 Å². The molecule has 1 unspecified atom stereocenters. The van der Waals surface area contributed by atoms with Crippen molar-refractivity contribution in [2.45, 2.75) is 45.1 Å². The topological polar surface area (TPSA) is 56.8 Å². The zero-order valence-corrected chi connectivity index (χ0v) is 15.3. The molecule has 5 nitrogen and oxygen atoms in total. The average Bonchev–Trinajstić information content (AvgIpc) is 3.31. The fraction of sp³-hybridized carbons (Fsp3) is 0.429. The van der Waals surface area contributed by atoms with Crippen LogP contribution < -0.4 is 10.2 Å². The fourth-order valence-corrected chi connectivity index (χ4v) is 4.37. The first kappa shape index (κ1) is 15.7. The number of fused-ring (bicyclic) bond motifs is 2. The number of hydrogen-bond donors (Lipinski definition) is 2. The van der Waals surface area contributed by atoms with Gasteiger partial charge in [0.2, 0.25) is 5.95 Å². The molecule has 3 aromatic rings. The second-order valence-corrected chi connectivity index (χ2v) is 7.57. The molecule has 0 amide bonds. The van der Waals surface area contributed by atoms with Crippen molar-refractivity contribution in [2.24, 2.45) is 0 Å². The van der Waals surface area contributed by atoms with Gasteiger partial charge in [0, 0.05) is 18.8 Å². The summed E-state index contributed by atoms with van der Waals surface area (Å²) in [5, 5.41) is 4.85. The van der Waals surface area contributed by atoms with Crippen molar-refractivity contribution in [3.05, 3.63) is 47.2 Å². The maximum absolute atomic E-state index is 4.95. The van der Waals surface area contributed by atoms with E-state index in [4.69, 9.17) is 9.97 Å². The van der Waals surface area contributed by atoms with E-state index in [0.717, 1.165) is 48.0 Å². The predicted molar refractivity (Wildman–Crippen MR) is 106 cm³/mol. The number of aromatic amines is 1. The molecule has 3 heterocycles. The van der Waals surface area contributed by atoms with Crippen molar-refractivity contribution in [3.63, 3.8) is 0 Å². The van der Waals surface area contributed by atoms with Crippen LogP contribution in [0.15, 0.2) is 30.3 Å². The second-order valence-electron chi connectivity index (χ2n) is 7.57. The van der Waals surface area contributed by atoms with E-state index < -0.39 is 0 Å². The van der Waals surface area contributed by atoms with Crippen LogP contribution in [0.1, 0.15) is 48.5 Å². The van der Waals surface area contributed by atoms with Crippen LogP contribution in [0.5, 0.6) is 0 Å². The number of hydrogen-bond acceptors (Lipinski definition) is 4. The number of H-pyrrole nitrogens is 1. The molecule has 1 aliphatic heterocycles. The lowest BCUT2D eigenvalue weighted by Gasteiger charge is -2.27. The first-order valence-corrected chi connectivity index (χ1v) is 9.74. The Morgan fingerprint density at radius 3 is 2.85 bits per heavy atom. The smallest absolute Gasteiger partial charge is 0.229 e. The number of anilines is 2. The van der Waals surface area contributed by atoms with Gasteiger partial charge in [-0.05, 0) is 56.2 Å². The molecule has 2 aromatic heterocycles. The first-order chi connectivity index (χ1) is 12.8. The molecule has 1 aliphatic carbocycles. The van der Waals surface area contributed by atoms with Gasteiger partial charge in [0.15, 0.2) is 0 Å². The number of benzene rings is 1. The molecule has 0 saturated carbocycles. The summed E-state index contributed by atoms with van der Waals surface area (Å²) in [5.74, 6) is 1.81. The minimum absolute atomic E-state index is 0.319. The summed E-state index contributed by atoms with van der Waals surface area (Å²) in [4.78, 5) is 15.4. The number of aryl methyl sites for hydroxylation is 2. The molecule has 1 aromatic carbocycles. The van der Waals surface area contributed by atoms with Gasteiger partial charge in [-0.15, -0.1) is 0 Å². The molecule has 0 spiro atoms. The SMILES string of the molecule is Cc1cc2c(NC3CCCc4ccccc43)nc(N3CCCC3)nc2[nH]1. The third-order valence-electron chi connectivity index (χ3n) is 5.68. The predicted octanol–water partition coefficient (Wildman–Crippen LogP) is 4.36. The number of nitrogens with one attached hydrogen (secondary N) is 2. The molecule has 0 radical (unpaired) electrons. The van der Waals surface area contributed by atoms with Crippen LogP contribution in [0.4, 0.5) is 11.8 Å². The van der Waals surface area contributed by atoms with Gasteiger partial charge >= 0.3 is 0 Å². The Kier molecular flexibility index (Phi) is 3.80. The third kappa shape index (κ3) is 2.71. The molecule has 2 N–H and O–H groups in total. The first-order valence-electron chi connectivity index (χ1n) is 9.74. The van der Waals surface area contributed by atoms with E-state index >= 15 is 0 Å². The number of aromatic nitrogens is 3. The molecule has 26 heavy (non-hydrogen) atoms. The monoisotopic (exact) mass is 347 g/mol. The lowest BCUT2D eigenvalue weighted by Crippen LogP contribution is -2.22. The van der Waals surface area contributed by atoms with E-state index in [-0.39, 0.29) is 0 Å². The van der Waals surface area contributed by atoms with Gasteiger partial charge in [0.25, 0.3) is 0 Å². The van der Waals surface area contributed by atoms with Gasteiger partial charge in [0.05, 0.1) is 11.4 Å². The highest BCUT2D eigenvalue weighted by molar-refractivity contribution is 5.89. The van der Waals surface area contributed by atoms with E-state index in [1.165, 1.54) is 36.8 Å². The molecule has 5 rings (SSSR count). The zero-order chi connectivity index (χ0) is 17.5. The van der Waals surface area contributed by atoms with Gasteiger partial charge in [0.1, 0.15) is 11.5 Å². The van der Waals surface area contributed by atoms with Crippen molar-refractivity contribution in [1.29, 1.82) is 0 Å². The third-order valence-corrected chi connectivity index (χ3v) is 5.68. The molecule has 2 aliphatic rings. The van der Waals surface area contributed by atoms with Gasteiger partial charge in [-0.2, -0.15) is 9.97 Å². The lowest BCUT2D eigenvalue weighted by atomic mass is 9.88. The second kappa shape index (κ2) is 6.31. The van der Waals surface area contributed by atoms with Gasteiger partial charge < -0.3 is 15.2 Å². The summed E-state index contributed by atoms with van der Waals surface area (Å²) >= 11 is 0. The average molecular weight is 347 g/mol. The summed E-state index contributed by atoms with van der Waals surface area (Å²) in [6.07, 6.45) is 5.99. The van der Waals surface area contributed by atoms with Crippen LogP contribution in [-0.4, -0.2) is 28.0 Å². The Labute approximate surface area is 153 Å². The van der Waals surface area contributed by atoms with Crippen LogP contribution in [0.25, 0.3) is 11.0 Å². The normalized spacial score (nSPS) is 19.7. The quantitative estimate of drug-likeness (QED) is 0.739. The van der Waals surface area contributed by atoms with Crippen molar-refractivity contribution in [3.8, 4) is 0 Å². The Bertz CT molecular complexity index is 939. The Balaban J connectivity index is 1.56. The van der Waals surface area contributed by atoms with Crippen LogP contribution in [-0.2, 0) is 6.42 Å². The molecule has 1 saturated heterocycles. The lowest BCUT2D eigenvalue weighted by molar-refractivity contribution is 0.599. The van der Waals surface area contributed by atoms with E-state index in [2.05, 4.69) is 52.5 Å². The zero-order valence-electron chi connectivity index (χ0n) is 15.3. The summed E-state index contributed by atoms with van der Waals surface area (Å²) in [6.45, 7) is 4.19. The highest BCUT2D eigenvalue weighted by atomic mass is 15.3. The molecule has 0 bridgehead atoms. The number of nitrogens with zero attached hydrogens (tertiary/aromatic N) is 3. The van der Waals surface area contributed by atoms with E-state index in [9.17, 15) is 0 Å². The highest BCUT2D eigenvalue weighted by Gasteiger charge is 2.23. The summed E-state index contributed by atoms with van der Waals surface area (Å²) < 4.78 is 0. The Morgan fingerprint density at radius 1 is 1.12 bits per heavy atom. The molecule has 1 atom stereocenters. The van der Waals surface area contributed by atoms with Crippen LogP contribution >= 0.6 is 0 Å². The van der Waals surface area contributed by atoms with Crippen molar-refractivity contribution >= 4 is 22.8 Å². The summed E-state index contributed by atoms with van der Waals surface area (Å²) in [5.41, 5.74) is 4.94. The van der Waals surface area contributed by atoms with E-state index in [0.29, 0.717) is 6.04 Å². The highest BCUT2D eigenvalue weighted by Crippen LogP contribution is 2.34. The molecular weight excluding hydrogens is 322 g/mol. The molecule has 134 valence electrons. The minimum atomic E-state index is 0.319. The number of rotatable bonds is 3. The van der Waals surface area contributed by atoms with Crippen molar-refractivity contribution in [2.75, 3.05) is 23.3 Å². The molecular formula is C21H25N5. The maximum atomic E-state index is 4.95. The summed E-state index contributed by atoms with van der Waals surface area (Å²) in [6, 6.07) is 11.3. The van der Waals surface area contributed by atoms with Gasteiger partial charge in [-0.25, -0.2) is 0 Å². The maximum Gasteiger partial charge on any atom is 0.229 e. The van der Waals surface area contributed by atoms with Crippen molar-refractivity contribution in [1.82, 2.24) is 15.0 Å². The van der Waals surface area contributed by atoms with Crippen LogP contribution in [0, 0.1) is 6.92 Å². The molecule has 1 fully saturated rings. The summed E-state index contributed by atoms with van der Waals surface area (Å²) in [7, 11) is 0. The minimum Gasteiger partial charge on any atom is -0.363 e. The van der Waals surface area contributed by atoms with E-state index in [1.54, 1.807) is 0 Å². The Morgan fingerprint density at radius 2 is 1.96 bits per heavy atom. The van der Waals surface area contributed by atoms with Crippen molar-refractivity contribution < 1.29 is 0 Å². The fourth-order valence-electron chi connectivity index (χ4n) is 4.37. The van der Waals surface area contributed by atoms with Crippen LogP contribution in [0.2, 0.25) is 0 Å².